The van der Waals surface area contributed by atoms with Gasteiger partial charge in [0.15, 0.2) is 5.82 Å². The van der Waals surface area contributed by atoms with Gasteiger partial charge in [-0.3, -0.25) is 10.1 Å². The molecule has 0 fully saturated rings. The van der Waals surface area contributed by atoms with E-state index in [1.54, 1.807) is 0 Å². The van der Waals surface area contributed by atoms with Crippen LogP contribution in [0.5, 0.6) is 0 Å². The van der Waals surface area contributed by atoms with E-state index in [9.17, 15) is 14.5 Å². The Balaban J connectivity index is 3.27. The van der Waals surface area contributed by atoms with Crippen molar-refractivity contribution in [2.24, 2.45) is 0 Å². The fraction of sp³-hybridized carbons (Fsp3) is 0. The summed E-state index contributed by atoms with van der Waals surface area (Å²) in [7, 11) is 5.08. The lowest BCUT2D eigenvalue weighted by atomic mass is 9.95. The van der Waals surface area contributed by atoms with E-state index in [1.165, 1.54) is 12.1 Å². The Morgan fingerprint density at radius 1 is 1.55 bits per heavy atom. The molecule has 54 valence electrons. The summed E-state index contributed by atoms with van der Waals surface area (Å²) < 4.78 is 12.7. The molecule has 0 spiro atoms. The molecular weight excluding hydrogens is 148 g/mol. The zero-order valence-electron chi connectivity index (χ0n) is 5.45. The van der Waals surface area contributed by atoms with Gasteiger partial charge in [0.25, 0.3) is 0 Å². The monoisotopic (exact) mass is 151 g/mol. The summed E-state index contributed by atoms with van der Waals surface area (Å²) in [5.41, 5.74) is -0.802. The van der Waals surface area contributed by atoms with Crippen LogP contribution in [0.3, 0.4) is 0 Å². The molecule has 0 amide bonds. The van der Waals surface area contributed by atoms with E-state index in [0.717, 1.165) is 6.07 Å². The quantitative estimate of drug-likeness (QED) is 0.333. The SMILES string of the molecule is [B]c1cccc([N+](=O)[O-])c1F. The van der Waals surface area contributed by atoms with Crippen LogP contribution in [0.4, 0.5) is 10.1 Å². The van der Waals surface area contributed by atoms with Gasteiger partial charge in [-0.15, -0.1) is 0 Å². The standard InChI is InChI=1S/C6H3BFNO2/c7-4-2-1-3-5(6(4)8)9(10)11/h1-3H. The number of hydrogen-bond donors (Lipinski definition) is 0. The van der Waals surface area contributed by atoms with E-state index in [0.29, 0.717) is 0 Å². The number of rotatable bonds is 1. The Bertz CT molecular complexity index is 303. The molecule has 0 N–H and O–H groups in total. The van der Waals surface area contributed by atoms with Gasteiger partial charge in [0.05, 0.1) is 4.92 Å². The highest BCUT2D eigenvalue weighted by molar-refractivity contribution is 6.32. The fourth-order valence-corrected chi connectivity index (χ4v) is 0.678. The number of nitro benzene ring substituents is 1. The zero-order valence-corrected chi connectivity index (χ0v) is 5.45. The average Bonchev–Trinajstić information content (AvgIpc) is 1.94. The summed E-state index contributed by atoms with van der Waals surface area (Å²) in [5, 5.41) is 10.1. The van der Waals surface area contributed by atoms with E-state index in [-0.39, 0.29) is 5.46 Å². The predicted molar refractivity (Wildman–Crippen MR) is 38.4 cm³/mol. The molecule has 1 aromatic carbocycles. The molecule has 0 saturated heterocycles. The lowest BCUT2D eigenvalue weighted by Crippen LogP contribution is -2.10. The topological polar surface area (TPSA) is 43.1 Å². The number of benzene rings is 1. The van der Waals surface area contributed by atoms with E-state index < -0.39 is 16.4 Å². The Kier molecular flexibility index (Phi) is 1.89. The average molecular weight is 151 g/mol. The number of nitrogens with zero attached hydrogens (tertiary/aromatic N) is 1. The van der Waals surface area contributed by atoms with E-state index in [4.69, 9.17) is 7.85 Å². The largest absolute Gasteiger partial charge is 0.304 e. The Morgan fingerprint density at radius 2 is 2.18 bits per heavy atom. The van der Waals surface area contributed by atoms with Crippen LogP contribution in [0.25, 0.3) is 0 Å². The van der Waals surface area contributed by atoms with Crippen molar-refractivity contribution < 1.29 is 9.31 Å². The molecule has 0 heterocycles. The highest BCUT2D eigenvalue weighted by atomic mass is 19.1. The first-order chi connectivity index (χ1) is 5.13. The maximum atomic E-state index is 12.7. The first kappa shape index (κ1) is 7.72. The highest BCUT2D eigenvalue weighted by Gasteiger charge is 2.13. The first-order valence-corrected chi connectivity index (χ1v) is 2.81. The van der Waals surface area contributed by atoms with E-state index in [2.05, 4.69) is 0 Å². The molecule has 0 aliphatic rings. The maximum Gasteiger partial charge on any atom is 0.304 e. The van der Waals surface area contributed by atoms with Gasteiger partial charge in [-0.05, 0) is 0 Å². The third-order valence-electron chi connectivity index (χ3n) is 1.20. The molecule has 0 aliphatic carbocycles. The Labute approximate surface area is 63.4 Å². The smallest absolute Gasteiger partial charge is 0.258 e. The summed E-state index contributed by atoms with van der Waals surface area (Å²) in [6.07, 6.45) is 0. The molecule has 0 unspecified atom stereocenters. The third-order valence-corrected chi connectivity index (χ3v) is 1.20. The summed E-state index contributed by atoms with van der Waals surface area (Å²) in [6.45, 7) is 0. The van der Waals surface area contributed by atoms with Crippen molar-refractivity contribution in [2.45, 2.75) is 0 Å². The van der Waals surface area contributed by atoms with Crippen LogP contribution >= 0.6 is 0 Å². The minimum atomic E-state index is -0.975. The van der Waals surface area contributed by atoms with Crippen molar-refractivity contribution in [1.82, 2.24) is 0 Å². The van der Waals surface area contributed by atoms with Crippen LogP contribution in [-0.2, 0) is 0 Å². The van der Waals surface area contributed by atoms with Crippen molar-refractivity contribution in [3.8, 4) is 0 Å². The van der Waals surface area contributed by atoms with Crippen LogP contribution in [0.15, 0.2) is 18.2 Å². The van der Waals surface area contributed by atoms with Gasteiger partial charge >= 0.3 is 5.69 Å². The predicted octanol–water partition coefficient (Wildman–Crippen LogP) is 0.528. The van der Waals surface area contributed by atoms with Crippen molar-refractivity contribution in [3.63, 3.8) is 0 Å². The Morgan fingerprint density at radius 3 is 2.64 bits per heavy atom. The molecule has 2 radical (unpaired) electrons. The molecular formula is C6H3BFNO2. The molecule has 0 saturated carbocycles. The molecule has 11 heavy (non-hydrogen) atoms. The van der Waals surface area contributed by atoms with Crippen molar-refractivity contribution >= 4 is 19.0 Å². The summed E-state index contributed by atoms with van der Waals surface area (Å²) in [4.78, 5) is 9.27. The van der Waals surface area contributed by atoms with Crippen LogP contribution < -0.4 is 5.46 Å². The number of halogens is 1. The summed E-state index contributed by atoms with van der Waals surface area (Å²) >= 11 is 0. The summed E-state index contributed by atoms with van der Waals surface area (Å²) in [5.74, 6) is -0.975. The van der Waals surface area contributed by atoms with Crippen molar-refractivity contribution in [2.75, 3.05) is 0 Å². The van der Waals surface area contributed by atoms with Gasteiger partial charge in [0.2, 0.25) is 0 Å². The number of hydrogen-bond acceptors (Lipinski definition) is 2. The molecule has 0 aliphatic heterocycles. The number of nitro groups is 1. The van der Waals surface area contributed by atoms with Crippen LogP contribution in [-0.4, -0.2) is 12.8 Å². The van der Waals surface area contributed by atoms with Crippen molar-refractivity contribution in [3.05, 3.63) is 34.1 Å². The third kappa shape index (κ3) is 1.37. The second kappa shape index (κ2) is 2.69. The van der Waals surface area contributed by atoms with Gasteiger partial charge in [0, 0.05) is 6.07 Å². The maximum absolute atomic E-state index is 12.7. The lowest BCUT2D eigenvalue weighted by Gasteiger charge is -1.95. The summed E-state index contributed by atoms with van der Waals surface area (Å²) in [6, 6.07) is 3.66. The minimum absolute atomic E-state index is 0.209. The second-order valence-electron chi connectivity index (χ2n) is 1.94. The fourth-order valence-electron chi connectivity index (χ4n) is 0.678. The van der Waals surface area contributed by atoms with Crippen molar-refractivity contribution in [1.29, 1.82) is 0 Å². The molecule has 0 atom stereocenters. The van der Waals surface area contributed by atoms with Crippen LogP contribution in [0.1, 0.15) is 0 Å². The molecule has 3 nitrogen and oxygen atoms in total. The lowest BCUT2D eigenvalue weighted by molar-refractivity contribution is -0.387. The van der Waals surface area contributed by atoms with Gasteiger partial charge in [0.1, 0.15) is 7.85 Å². The van der Waals surface area contributed by atoms with Gasteiger partial charge in [-0.1, -0.05) is 17.6 Å². The molecule has 1 aromatic rings. The van der Waals surface area contributed by atoms with Crippen LogP contribution in [0.2, 0.25) is 0 Å². The highest BCUT2D eigenvalue weighted by Crippen LogP contribution is 2.12. The molecule has 1 rings (SSSR count). The van der Waals surface area contributed by atoms with Gasteiger partial charge < -0.3 is 0 Å². The Hall–Kier alpha value is -1.39. The molecule has 0 bridgehead atoms. The van der Waals surface area contributed by atoms with Gasteiger partial charge in [-0.2, -0.15) is 0 Å². The minimum Gasteiger partial charge on any atom is -0.258 e. The molecule has 5 heteroatoms. The zero-order chi connectivity index (χ0) is 8.43. The normalized spacial score (nSPS) is 9.55. The van der Waals surface area contributed by atoms with E-state index >= 15 is 0 Å². The molecule has 0 aromatic heterocycles. The first-order valence-electron chi connectivity index (χ1n) is 2.81. The van der Waals surface area contributed by atoms with Gasteiger partial charge in [-0.25, -0.2) is 4.39 Å². The van der Waals surface area contributed by atoms with Crippen LogP contribution in [0, 0.1) is 15.9 Å². The second-order valence-corrected chi connectivity index (χ2v) is 1.94. The van der Waals surface area contributed by atoms with E-state index in [1.807, 2.05) is 0 Å².